The van der Waals surface area contributed by atoms with Crippen molar-refractivity contribution < 1.29 is 4.42 Å². The van der Waals surface area contributed by atoms with Gasteiger partial charge in [-0.1, -0.05) is 133 Å². The van der Waals surface area contributed by atoms with E-state index in [1.807, 2.05) is 6.07 Å². The summed E-state index contributed by atoms with van der Waals surface area (Å²) in [6.07, 6.45) is 0. The molecule has 0 N–H and O–H groups in total. The van der Waals surface area contributed by atoms with E-state index in [1.165, 1.54) is 38.4 Å². The quantitative estimate of drug-likeness (QED) is 0.186. The van der Waals surface area contributed by atoms with Crippen LogP contribution in [0.5, 0.6) is 0 Å². The van der Waals surface area contributed by atoms with E-state index in [4.69, 9.17) is 4.42 Å². The lowest BCUT2D eigenvalue weighted by atomic mass is 9.96. The lowest BCUT2D eigenvalue weighted by molar-refractivity contribution is 0.673. The molecule has 0 saturated heterocycles. The molecule has 2 nitrogen and oxygen atoms in total. The predicted octanol–water partition coefficient (Wildman–Crippen LogP) is 12.7. The Morgan fingerprint density at radius 2 is 0.826 bits per heavy atom. The van der Waals surface area contributed by atoms with Crippen LogP contribution < -0.4 is 4.90 Å². The van der Waals surface area contributed by atoms with Crippen LogP contribution in [-0.4, -0.2) is 0 Å². The summed E-state index contributed by atoms with van der Waals surface area (Å²) in [5.74, 6) is 0. The van der Waals surface area contributed by atoms with Gasteiger partial charge in [-0.15, -0.1) is 0 Å². The molecule has 0 radical (unpaired) electrons. The van der Waals surface area contributed by atoms with E-state index in [0.29, 0.717) is 0 Å². The van der Waals surface area contributed by atoms with Gasteiger partial charge in [0.2, 0.25) is 0 Å². The van der Waals surface area contributed by atoms with Crippen molar-refractivity contribution in [2.24, 2.45) is 0 Å². The van der Waals surface area contributed by atoms with Gasteiger partial charge in [0.05, 0.1) is 0 Å². The summed E-state index contributed by atoms with van der Waals surface area (Å²) in [4.78, 5) is 2.38. The predicted molar refractivity (Wildman–Crippen MR) is 194 cm³/mol. The summed E-state index contributed by atoms with van der Waals surface area (Å²) in [7, 11) is 0. The van der Waals surface area contributed by atoms with E-state index in [0.717, 1.165) is 44.4 Å². The third-order valence-electron chi connectivity index (χ3n) is 9.01. The average molecular weight is 588 g/mol. The second-order valence-corrected chi connectivity index (χ2v) is 11.7. The van der Waals surface area contributed by atoms with Crippen molar-refractivity contribution in [1.29, 1.82) is 0 Å². The first-order chi connectivity index (χ1) is 22.8. The number of para-hydroxylation sites is 1. The lowest BCUT2D eigenvalue weighted by Crippen LogP contribution is -2.10. The number of rotatable bonds is 5. The Bertz CT molecular complexity index is 2450. The Morgan fingerprint density at radius 1 is 0.326 bits per heavy atom. The number of nitrogens with zero attached hydrogens (tertiary/aromatic N) is 1. The zero-order valence-corrected chi connectivity index (χ0v) is 25.1. The Hall–Kier alpha value is -6.12. The minimum absolute atomic E-state index is 0.906. The van der Waals surface area contributed by atoms with E-state index in [2.05, 4.69) is 175 Å². The molecule has 0 aliphatic heterocycles. The van der Waals surface area contributed by atoms with Gasteiger partial charge >= 0.3 is 0 Å². The number of furan rings is 1. The van der Waals surface area contributed by atoms with Gasteiger partial charge in [0.15, 0.2) is 0 Å². The van der Waals surface area contributed by atoms with E-state index in [-0.39, 0.29) is 0 Å². The molecule has 0 amide bonds. The smallest absolute Gasteiger partial charge is 0.143 e. The zero-order valence-electron chi connectivity index (χ0n) is 25.1. The fourth-order valence-corrected chi connectivity index (χ4v) is 6.89. The first-order valence-electron chi connectivity index (χ1n) is 15.7. The average Bonchev–Trinajstić information content (AvgIpc) is 3.53. The highest BCUT2D eigenvalue weighted by Gasteiger charge is 2.19. The summed E-state index contributed by atoms with van der Waals surface area (Å²) in [5.41, 5.74) is 9.87. The number of hydrogen-bond donors (Lipinski definition) is 0. The molecule has 1 heterocycles. The Kier molecular flexibility index (Phi) is 6.17. The molecule has 2 heteroatoms. The molecule has 46 heavy (non-hydrogen) atoms. The van der Waals surface area contributed by atoms with Crippen molar-refractivity contribution in [2.45, 2.75) is 0 Å². The maximum Gasteiger partial charge on any atom is 0.143 e. The van der Waals surface area contributed by atoms with Crippen molar-refractivity contribution in [3.8, 4) is 22.3 Å². The Morgan fingerprint density at radius 3 is 1.48 bits per heavy atom. The largest absolute Gasteiger partial charge is 0.455 e. The van der Waals surface area contributed by atoms with Crippen LogP contribution in [0.2, 0.25) is 0 Å². The van der Waals surface area contributed by atoms with Gasteiger partial charge in [-0.25, -0.2) is 0 Å². The van der Waals surface area contributed by atoms with Crippen molar-refractivity contribution >= 4 is 60.5 Å². The number of fused-ring (bicyclic) bond motifs is 8. The third-order valence-corrected chi connectivity index (χ3v) is 9.01. The van der Waals surface area contributed by atoms with Crippen LogP contribution in [0, 0.1) is 0 Å². The SMILES string of the molecule is c1ccc(-c2cccc(N(c3cccc(-c4ccccc4)c3)c3ccc4c5ccccc5c5oc6ccccc6c5c4c3)c2)cc1. The molecule has 1 aromatic heterocycles. The molecule has 8 aromatic carbocycles. The van der Waals surface area contributed by atoms with Crippen molar-refractivity contribution in [3.63, 3.8) is 0 Å². The van der Waals surface area contributed by atoms with Crippen LogP contribution >= 0.6 is 0 Å². The highest BCUT2D eigenvalue weighted by Crippen LogP contribution is 2.44. The molecule has 0 fully saturated rings. The van der Waals surface area contributed by atoms with Crippen molar-refractivity contribution in [1.82, 2.24) is 0 Å². The maximum atomic E-state index is 6.56. The van der Waals surface area contributed by atoms with E-state index in [9.17, 15) is 0 Å². The van der Waals surface area contributed by atoms with Gasteiger partial charge in [0.1, 0.15) is 11.2 Å². The van der Waals surface area contributed by atoms with Crippen molar-refractivity contribution in [3.05, 3.63) is 176 Å². The van der Waals surface area contributed by atoms with Gasteiger partial charge < -0.3 is 9.32 Å². The standard InChI is InChI=1S/C44H29NO/c1-3-13-30(14-4-1)32-17-11-19-34(27-32)45(35-20-12-18-33(28-35)31-15-5-2-6-16-31)36-25-26-38-37-21-7-8-22-39(37)44-43(41(38)29-36)40-23-9-10-24-42(40)46-44/h1-29H. The summed E-state index contributed by atoms with van der Waals surface area (Å²) in [5, 5.41) is 7.02. The molecular formula is C44H29NO. The highest BCUT2D eigenvalue weighted by atomic mass is 16.3. The Labute approximate surface area is 267 Å². The van der Waals surface area contributed by atoms with Crippen LogP contribution in [0.25, 0.3) is 65.7 Å². The summed E-state index contributed by atoms with van der Waals surface area (Å²) >= 11 is 0. The molecule has 0 spiro atoms. The van der Waals surface area contributed by atoms with Crippen LogP contribution in [0.3, 0.4) is 0 Å². The van der Waals surface area contributed by atoms with Crippen molar-refractivity contribution in [2.75, 3.05) is 4.90 Å². The first kappa shape index (κ1) is 26.3. The number of anilines is 3. The van der Waals surface area contributed by atoms with Gasteiger partial charge in [0.25, 0.3) is 0 Å². The molecule has 9 rings (SSSR count). The fraction of sp³-hybridized carbons (Fsp3) is 0. The minimum Gasteiger partial charge on any atom is -0.455 e. The third kappa shape index (κ3) is 4.35. The topological polar surface area (TPSA) is 16.4 Å². The van der Waals surface area contributed by atoms with Crippen LogP contribution in [0.4, 0.5) is 17.1 Å². The molecule has 0 aliphatic rings. The maximum absolute atomic E-state index is 6.56. The second-order valence-electron chi connectivity index (χ2n) is 11.7. The second kappa shape index (κ2) is 10.8. The van der Waals surface area contributed by atoms with Gasteiger partial charge in [-0.3, -0.25) is 0 Å². The molecule has 0 bridgehead atoms. The van der Waals surface area contributed by atoms with Gasteiger partial charge in [-0.2, -0.15) is 0 Å². The molecule has 0 unspecified atom stereocenters. The zero-order chi connectivity index (χ0) is 30.5. The Balaban J connectivity index is 1.32. The number of benzene rings is 8. The summed E-state index contributed by atoms with van der Waals surface area (Å²) in [6.45, 7) is 0. The van der Waals surface area contributed by atoms with Crippen LogP contribution in [0.1, 0.15) is 0 Å². The number of hydrogen-bond acceptors (Lipinski definition) is 2. The van der Waals surface area contributed by atoms with E-state index >= 15 is 0 Å². The highest BCUT2D eigenvalue weighted by molar-refractivity contribution is 6.30. The molecule has 0 aliphatic carbocycles. The lowest BCUT2D eigenvalue weighted by Gasteiger charge is -2.27. The summed E-state index contributed by atoms with van der Waals surface area (Å²) < 4.78 is 6.56. The molecular weight excluding hydrogens is 558 g/mol. The van der Waals surface area contributed by atoms with Crippen LogP contribution in [-0.2, 0) is 0 Å². The molecule has 0 atom stereocenters. The molecule has 216 valence electrons. The van der Waals surface area contributed by atoms with Gasteiger partial charge in [0, 0.05) is 33.2 Å². The minimum atomic E-state index is 0.906. The first-order valence-corrected chi connectivity index (χ1v) is 15.7. The summed E-state index contributed by atoms with van der Waals surface area (Å²) in [6, 6.07) is 62.7. The van der Waals surface area contributed by atoms with E-state index in [1.54, 1.807) is 0 Å². The molecule has 0 saturated carbocycles. The monoisotopic (exact) mass is 587 g/mol. The van der Waals surface area contributed by atoms with Crippen LogP contribution in [0.15, 0.2) is 180 Å². The van der Waals surface area contributed by atoms with Gasteiger partial charge in [-0.05, 0) is 80.9 Å². The molecule has 9 aromatic rings. The fourth-order valence-electron chi connectivity index (χ4n) is 6.89. The normalized spacial score (nSPS) is 11.5. The van der Waals surface area contributed by atoms with E-state index < -0.39 is 0 Å².